The molecule has 0 aromatic heterocycles. The van der Waals surface area contributed by atoms with E-state index < -0.39 is 6.04 Å². The number of fused-ring (bicyclic) bond motifs is 1. The largest absolute Gasteiger partial charge is 0.372 e. The van der Waals surface area contributed by atoms with E-state index >= 15 is 0 Å². The summed E-state index contributed by atoms with van der Waals surface area (Å²) in [4.78, 5) is 24.5. The van der Waals surface area contributed by atoms with Crippen LogP contribution in [0.2, 0.25) is 5.02 Å². The smallest absolute Gasteiger partial charge is 0.247 e. The third kappa shape index (κ3) is 3.77. The van der Waals surface area contributed by atoms with Crippen LogP contribution in [-0.2, 0) is 9.59 Å². The molecule has 3 rings (SSSR count). The van der Waals surface area contributed by atoms with Gasteiger partial charge in [-0.05, 0) is 61.7 Å². The Balaban J connectivity index is 1.69. The summed E-state index contributed by atoms with van der Waals surface area (Å²) >= 11 is 6.07. The molecular weight excluding hydrogens is 338 g/mol. The predicted octanol–water partition coefficient (Wildman–Crippen LogP) is 4.03. The van der Waals surface area contributed by atoms with Crippen molar-refractivity contribution >= 4 is 40.5 Å². The van der Waals surface area contributed by atoms with Crippen molar-refractivity contribution in [2.45, 2.75) is 33.2 Å². The average Bonchev–Trinajstić information content (AvgIpc) is 2.54. The minimum absolute atomic E-state index is 0.0314. The Kier molecular flexibility index (Phi) is 4.68. The van der Waals surface area contributed by atoms with Crippen LogP contribution >= 0.6 is 11.6 Å². The normalized spacial score (nSPS) is 15.8. The Morgan fingerprint density at radius 3 is 2.44 bits per heavy atom. The van der Waals surface area contributed by atoms with Crippen molar-refractivity contribution in [3.8, 4) is 0 Å². The van der Waals surface area contributed by atoms with Crippen LogP contribution in [0.1, 0.15) is 23.1 Å². The molecule has 0 bridgehead atoms. The Hall–Kier alpha value is -2.53. The predicted molar refractivity (Wildman–Crippen MR) is 101 cm³/mol. The number of hydrogen-bond donors (Lipinski definition) is 3. The second kappa shape index (κ2) is 6.76. The Morgan fingerprint density at radius 2 is 1.76 bits per heavy atom. The van der Waals surface area contributed by atoms with E-state index in [1.54, 1.807) is 12.1 Å². The van der Waals surface area contributed by atoms with E-state index in [1.165, 1.54) is 0 Å². The molecule has 1 aliphatic rings. The molecule has 6 heteroatoms. The maximum Gasteiger partial charge on any atom is 0.247 e. The zero-order valence-electron chi connectivity index (χ0n) is 14.4. The molecule has 1 atom stereocenters. The first-order valence-corrected chi connectivity index (χ1v) is 8.46. The molecule has 0 aliphatic carbocycles. The lowest BCUT2D eigenvalue weighted by molar-refractivity contribution is -0.122. The summed E-state index contributed by atoms with van der Waals surface area (Å²) < 4.78 is 0. The van der Waals surface area contributed by atoms with Crippen LogP contribution in [0.3, 0.4) is 0 Å². The average molecular weight is 358 g/mol. The molecule has 0 radical (unpaired) electrons. The fourth-order valence-corrected chi connectivity index (χ4v) is 2.90. The van der Waals surface area contributed by atoms with Crippen molar-refractivity contribution in [2.24, 2.45) is 0 Å². The van der Waals surface area contributed by atoms with Gasteiger partial charge in [0.2, 0.25) is 11.8 Å². The molecule has 1 heterocycles. The number of carbonyl (C=O) groups is 2. The summed E-state index contributed by atoms with van der Waals surface area (Å²) in [7, 11) is 0. The number of benzene rings is 2. The maximum absolute atomic E-state index is 12.3. The van der Waals surface area contributed by atoms with E-state index in [4.69, 9.17) is 11.6 Å². The van der Waals surface area contributed by atoms with Crippen molar-refractivity contribution < 1.29 is 9.59 Å². The molecule has 130 valence electrons. The zero-order chi connectivity index (χ0) is 18.1. The zero-order valence-corrected chi connectivity index (χ0v) is 15.1. The molecule has 5 nitrogen and oxygen atoms in total. The van der Waals surface area contributed by atoms with Crippen LogP contribution in [0.25, 0.3) is 0 Å². The van der Waals surface area contributed by atoms with Gasteiger partial charge in [-0.25, -0.2) is 0 Å². The number of anilines is 3. The molecule has 2 aromatic carbocycles. The van der Waals surface area contributed by atoms with Crippen molar-refractivity contribution in [3.05, 3.63) is 52.0 Å². The highest BCUT2D eigenvalue weighted by atomic mass is 35.5. The number of amides is 2. The van der Waals surface area contributed by atoms with Crippen molar-refractivity contribution in [2.75, 3.05) is 16.0 Å². The number of carbonyl (C=O) groups excluding carboxylic acids is 2. The second-order valence-electron chi connectivity index (χ2n) is 6.38. The first-order chi connectivity index (χ1) is 11.8. The third-order valence-electron chi connectivity index (χ3n) is 4.38. The molecule has 3 N–H and O–H groups in total. The molecular formula is C19H20ClN3O2. The van der Waals surface area contributed by atoms with Gasteiger partial charge in [0.25, 0.3) is 0 Å². The lowest BCUT2D eigenvalue weighted by atomic mass is 10.0. The Morgan fingerprint density at radius 1 is 1.08 bits per heavy atom. The highest BCUT2D eigenvalue weighted by Crippen LogP contribution is 2.30. The highest BCUT2D eigenvalue weighted by molar-refractivity contribution is 6.31. The Bertz CT molecular complexity index is 864. The third-order valence-corrected chi connectivity index (χ3v) is 4.79. The van der Waals surface area contributed by atoms with E-state index in [-0.39, 0.29) is 18.2 Å². The van der Waals surface area contributed by atoms with E-state index in [0.717, 1.165) is 28.1 Å². The number of rotatable bonds is 3. The van der Waals surface area contributed by atoms with Crippen molar-refractivity contribution in [3.63, 3.8) is 0 Å². The van der Waals surface area contributed by atoms with Gasteiger partial charge >= 0.3 is 0 Å². The van der Waals surface area contributed by atoms with Crippen LogP contribution in [0.5, 0.6) is 0 Å². The molecule has 25 heavy (non-hydrogen) atoms. The first-order valence-electron chi connectivity index (χ1n) is 8.08. The van der Waals surface area contributed by atoms with E-state index in [2.05, 4.69) is 16.0 Å². The standard InChI is InChI=1S/C19H20ClN3O2/c1-10-4-5-13(8-14(10)20)21-18(24)9-17-19(25)23-16-7-12(3)11(2)6-15(16)22-17/h4-8,17,22H,9H2,1-3H3,(H,21,24)(H,23,25)/t17-/m1/s1. The molecule has 1 aliphatic heterocycles. The molecule has 0 saturated heterocycles. The van der Waals surface area contributed by atoms with Gasteiger partial charge in [-0.3, -0.25) is 9.59 Å². The van der Waals surface area contributed by atoms with Gasteiger partial charge in [0.15, 0.2) is 0 Å². The van der Waals surface area contributed by atoms with E-state index in [9.17, 15) is 9.59 Å². The molecule has 2 aromatic rings. The monoisotopic (exact) mass is 357 g/mol. The van der Waals surface area contributed by atoms with Gasteiger partial charge < -0.3 is 16.0 Å². The topological polar surface area (TPSA) is 70.2 Å². The van der Waals surface area contributed by atoms with Crippen LogP contribution < -0.4 is 16.0 Å². The maximum atomic E-state index is 12.3. The summed E-state index contributed by atoms with van der Waals surface area (Å²) in [5.74, 6) is -0.465. The molecule has 0 fully saturated rings. The van der Waals surface area contributed by atoms with Crippen molar-refractivity contribution in [1.82, 2.24) is 0 Å². The summed E-state index contributed by atoms with van der Waals surface area (Å²) in [6.45, 7) is 5.90. The Labute approximate surface area is 151 Å². The summed E-state index contributed by atoms with van der Waals surface area (Å²) in [6, 6.07) is 8.62. The van der Waals surface area contributed by atoms with Gasteiger partial charge in [0, 0.05) is 10.7 Å². The number of hydrogen-bond acceptors (Lipinski definition) is 3. The number of halogens is 1. The molecule has 0 unspecified atom stereocenters. The fraction of sp³-hybridized carbons (Fsp3) is 0.263. The molecule has 0 spiro atoms. The molecule has 2 amide bonds. The van der Waals surface area contributed by atoms with Gasteiger partial charge in [-0.1, -0.05) is 17.7 Å². The SMILES string of the molecule is Cc1cc2c(cc1C)N[C@H](CC(=O)Nc1ccc(C)c(Cl)c1)C(=O)N2. The summed E-state index contributed by atoms with van der Waals surface area (Å²) in [5, 5.41) is 9.38. The minimum atomic E-state index is -0.615. The lowest BCUT2D eigenvalue weighted by Crippen LogP contribution is -2.41. The van der Waals surface area contributed by atoms with Crippen LogP contribution in [0.4, 0.5) is 17.1 Å². The number of aryl methyl sites for hydroxylation is 3. The van der Waals surface area contributed by atoms with Crippen LogP contribution in [-0.4, -0.2) is 17.9 Å². The highest BCUT2D eigenvalue weighted by Gasteiger charge is 2.28. The van der Waals surface area contributed by atoms with Gasteiger partial charge in [-0.15, -0.1) is 0 Å². The summed E-state index contributed by atoms with van der Waals surface area (Å²) in [6.07, 6.45) is 0.0314. The van der Waals surface area contributed by atoms with E-state index in [1.807, 2.05) is 39.0 Å². The first kappa shape index (κ1) is 17.3. The quantitative estimate of drug-likeness (QED) is 0.776. The second-order valence-corrected chi connectivity index (χ2v) is 6.79. The van der Waals surface area contributed by atoms with Crippen LogP contribution in [0, 0.1) is 20.8 Å². The van der Waals surface area contributed by atoms with Gasteiger partial charge in [-0.2, -0.15) is 0 Å². The number of nitrogens with one attached hydrogen (secondary N) is 3. The van der Waals surface area contributed by atoms with Gasteiger partial charge in [0.05, 0.1) is 17.8 Å². The lowest BCUT2D eigenvalue weighted by Gasteiger charge is -2.27. The fourth-order valence-electron chi connectivity index (χ4n) is 2.72. The minimum Gasteiger partial charge on any atom is -0.372 e. The van der Waals surface area contributed by atoms with E-state index in [0.29, 0.717) is 10.7 Å². The van der Waals surface area contributed by atoms with Gasteiger partial charge in [0.1, 0.15) is 6.04 Å². The molecule has 0 saturated carbocycles. The van der Waals surface area contributed by atoms with Crippen LogP contribution in [0.15, 0.2) is 30.3 Å². The summed E-state index contributed by atoms with van der Waals surface area (Å²) in [5.41, 5.74) is 5.36. The van der Waals surface area contributed by atoms with Crippen molar-refractivity contribution in [1.29, 1.82) is 0 Å².